The third-order valence-corrected chi connectivity index (χ3v) is 3.43. The van der Waals surface area contributed by atoms with Gasteiger partial charge >= 0.3 is 5.97 Å². The molecule has 1 aliphatic carbocycles. The number of hydrogen-bond acceptors (Lipinski definition) is 3. The molecule has 4 nitrogen and oxygen atoms in total. The summed E-state index contributed by atoms with van der Waals surface area (Å²) in [7, 11) is 0. The molecule has 1 heterocycles. The number of aryl methyl sites for hydroxylation is 1. The highest BCUT2D eigenvalue weighted by Gasteiger charge is 2.40. The number of fused-ring (bicyclic) bond motifs is 1. The number of carboxylic acids is 1. The summed E-state index contributed by atoms with van der Waals surface area (Å²) in [6.07, 6.45) is 2.55. The van der Waals surface area contributed by atoms with E-state index in [4.69, 9.17) is 26.9 Å². The summed E-state index contributed by atoms with van der Waals surface area (Å²) in [4.78, 5) is 10.9. The standard InChI is InChI=1S/C11H14ClNO3/c12-8-4-7-2-1-3-11(6-13,5-9(14)15)10(7)16-8/h4H,1-3,5-6,13H2,(H,14,15). The maximum absolute atomic E-state index is 10.9. The van der Waals surface area contributed by atoms with Crippen LogP contribution in [-0.4, -0.2) is 17.6 Å². The molecule has 0 saturated carbocycles. The van der Waals surface area contributed by atoms with Crippen molar-refractivity contribution >= 4 is 17.6 Å². The Bertz CT molecular complexity index is 415. The number of hydrogen-bond donors (Lipinski definition) is 2. The normalized spacial score (nSPS) is 24.1. The lowest BCUT2D eigenvalue weighted by molar-refractivity contribution is -0.138. The lowest BCUT2D eigenvalue weighted by Crippen LogP contribution is -2.39. The summed E-state index contributed by atoms with van der Waals surface area (Å²) in [5.41, 5.74) is 6.17. The molecule has 1 aromatic rings. The summed E-state index contributed by atoms with van der Waals surface area (Å²) in [5.74, 6) is -0.181. The van der Waals surface area contributed by atoms with Gasteiger partial charge in [0.1, 0.15) is 5.76 Å². The molecule has 1 atom stereocenters. The zero-order chi connectivity index (χ0) is 11.8. The number of furan rings is 1. The number of rotatable bonds is 3. The second kappa shape index (κ2) is 4.11. The Morgan fingerprint density at radius 3 is 3.06 bits per heavy atom. The van der Waals surface area contributed by atoms with E-state index in [2.05, 4.69) is 0 Å². The van der Waals surface area contributed by atoms with E-state index in [0.717, 1.165) is 24.8 Å². The van der Waals surface area contributed by atoms with E-state index >= 15 is 0 Å². The van der Waals surface area contributed by atoms with E-state index in [0.29, 0.717) is 11.0 Å². The van der Waals surface area contributed by atoms with Crippen LogP contribution in [0.15, 0.2) is 10.5 Å². The van der Waals surface area contributed by atoms with Gasteiger partial charge in [-0.05, 0) is 42.5 Å². The van der Waals surface area contributed by atoms with Crippen molar-refractivity contribution in [2.24, 2.45) is 5.73 Å². The topological polar surface area (TPSA) is 76.5 Å². The number of aliphatic carboxylic acids is 1. The molecule has 0 saturated heterocycles. The molecule has 1 unspecified atom stereocenters. The van der Waals surface area contributed by atoms with Crippen molar-refractivity contribution in [3.63, 3.8) is 0 Å². The molecule has 0 aliphatic heterocycles. The average Bonchev–Trinajstić information content (AvgIpc) is 2.59. The largest absolute Gasteiger partial charge is 0.481 e. The Hall–Kier alpha value is -1.00. The summed E-state index contributed by atoms with van der Waals surface area (Å²) in [5, 5.41) is 9.28. The van der Waals surface area contributed by atoms with Gasteiger partial charge < -0.3 is 15.3 Å². The minimum absolute atomic E-state index is 0.000340. The molecule has 0 spiro atoms. The predicted molar refractivity (Wildman–Crippen MR) is 59.6 cm³/mol. The number of carboxylic acid groups (broad SMARTS) is 1. The lowest BCUT2D eigenvalue weighted by Gasteiger charge is -2.33. The van der Waals surface area contributed by atoms with Gasteiger partial charge in [0.15, 0.2) is 5.22 Å². The maximum Gasteiger partial charge on any atom is 0.304 e. The Morgan fingerprint density at radius 1 is 1.69 bits per heavy atom. The van der Waals surface area contributed by atoms with E-state index in [9.17, 15) is 4.79 Å². The van der Waals surface area contributed by atoms with Crippen LogP contribution in [0, 0.1) is 0 Å². The minimum Gasteiger partial charge on any atom is -0.481 e. The van der Waals surface area contributed by atoms with Gasteiger partial charge in [-0.15, -0.1) is 0 Å². The van der Waals surface area contributed by atoms with Crippen molar-refractivity contribution in [1.29, 1.82) is 0 Å². The SMILES string of the molecule is NCC1(CC(=O)O)CCCc2cc(Cl)oc21. The lowest BCUT2D eigenvalue weighted by atomic mass is 9.72. The summed E-state index contributed by atoms with van der Waals surface area (Å²) < 4.78 is 5.44. The maximum atomic E-state index is 10.9. The molecule has 2 rings (SSSR count). The molecule has 3 N–H and O–H groups in total. The Kier molecular flexibility index (Phi) is 2.95. The smallest absolute Gasteiger partial charge is 0.304 e. The average molecular weight is 244 g/mol. The zero-order valence-corrected chi connectivity index (χ0v) is 9.59. The molecule has 0 radical (unpaired) electrons. The van der Waals surface area contributed by atoms with Gasteiger partial charge in [-0.3, -0.25) is 4.79 Å². The van der Waals surface area contributed by atoms with Crippen molar-refractivity contribution < 1.29 is 14.3 Å². The van der Waals surface area contributed by atoms with E-state index in [1.165, 1.54) is 0 Å². The fourth-order valence-electron chi connectivity index (χ4n) is 2.49. The van der Waals surface area contributed by atoms with E-state index < -0.39 is 11.4 Å². The van der Waals surface area contributed by atoms with Crippen LogP contribution >= 0.6 is 11.6 Å². The molecule has 1 aliphatic rings. The molecule has 0 fully saturated rings. The molecule has 1 aromatic heterocycles. The Labute approximate surface area is 98.4 Å². The predicted octanol–water partition coefficient (Wildman–Crippen LogP) is 1.94. The van der Waals surface area contributed by atoms with Crippen molar-refractivity contribution in [2.75, 3.05) is 6.54 Å². The monoisotopic (exact) mass is 243 g/mol. The first-order valence-electron chi connectivity index (χ1n) is 5.28. The van der Waals surface area contributed by atoms with E-state index in [1.807, 2.05) is 0 Å². The second-order valence-electron chi connectivity index (χ2n) is 4.31. The van der Waals surface area contributed by atoms with Gasteiger partial charge in [-0.2, -0.15) is 0 Å². The minimum atomic E-state index is -0.856. The van der Waals surface area contributed by atoms with Crippen LogP contribution in [-0.2, 0) is 16.6 Å². The van der Waals surface area contributed by atoms with E-state index in [-0.39, 0.29) is 13.0 Å². The first-order valence-corrected chi connectivity index (χ1v) is 5.66. The Balaban J connectivity index is 2.44. The molecule has 16 heavy (non-hydrogen) atoms. The highest BCUT2D eigenvalue weighted by atomic mass is 35.5. The molecular formula is C11H14ClNO3. The number of nitrogens with two attached hydrogens (primary N) is 1. The summed E-state index contributed by atoms with van der Waals surface area (Å²) in [6.45, 7) is 0.274. The van der Waals surface area contributed by atoms with Gasteiger partial charge in [-0.25, -0.2) is 0 Å². The van der Waals surface area contributed by atoms with Crippen molar-refractivity contribution in [1.82, 2.24) is 0 Å². The molecule has 0 bridgehead atoms. The Morgan fingerprint density at radius 2 is 2.44 bits per heavy atom. The van der Waals surface area contributed by atoms with Crippen molar-refractivity contribution in [3.8, 4) is 0 Å². The molecular weight excluding hydrogens is 230 g/mol. The van der Waals surface area contributed by atoms with E-state index in [1.54, 1.807) is 6.07 Å². The van der Waals surface area contributed by atoms with Crippen LogP contribution in [0.1, 0.15) is 30.6 Å². The summed E-state index contributed by atoms with van der Waals surface area (Å²) in [6, 6.07) is 1.77. The first kappa shape index (κ1) is 11.5. The second-order valence-corrected chi connectivity index (χ2v) is 4.69. The summed E-state index contributed by atoms with van der Waals surface area (Å²) >= 11 is 5.82. The van der Waals surface area contributed by atoms with Crippen LogP contribution in [0.2, 0.25) is 5.22 Å². The van der Waals surface area contributed by atoms with Crippen LogP contribution in [0.5, 0.6) is 0 Å². The van der Waals surface area contributed by atoms with Crippen LogP contribution in [0.3, 0.4) is 0 Å². The van der Waals surface area contributed by atoms with Crippen molar-refractivity contribution in [2.45, 2.75) is 31.1 Å². The molecule has 0 amide bonds. The third-order valence-electron chi connectivity index (χ3n) is 3.24. The van der Waals surface area contributed by atoms with Gasteiger partial charge in [0, 0.05) is 6.54 Å². The van der Waals surface area contributed by atoms with Crippen LogP contribution < -0.4 is 5.73 Å². The quantitative estimate of drug-likeness (QED) is 0.851. The molecule has 0 aromatic carbocycles. The number of halogens is 1. The van der Waals surface area contributed by atoms with Crippen LogP contribution in [0.25, 0.3) is 0 Å². The van der Waals surface area contributed by atoms with Gasteiger partial charge in [0.05, 0.1) is 11.8 Å². The fourth-order valence-corrected chi connectivity index (χ4v) is 2.69. The third kappa shape index (κ3) is 1.83. The molecule has 5 heteroatoms. The van der Waals surface area contributed by atoms with Gasteiger partial charge in [0.2, 0.25) is 0 Å². The van der Waals surface area contributed by atoms with Gasteiger partial charge in [-0.1, -0.05) is 0 Å². The highest BCUT2D eigenvalue weighted by molar-refractivity contribution is 6.28. The first-order chi connectivity index (χ1) is 7.57. The highest BCUT2D eigenvalue weighted by Crippen LogP contribution is 2.41. The van der Waals surface area contributed by atoms with Crippen LogP contribution in [0.4, 0.5) is 0 Å². The van der Waals surface area contributed by atoms with Gasteiger partial charge in [0.25, 0.3) is 0 Å². The van der Waals surface area contributed by atoms with Crippen molar-refractivity contribution in [3.05, 3.63) is 22.6 Å². The fraction of sp³-hybridized carbons (Fsp3) is 0.545. The number of carbonyl (C=O) groups is 1. The zero-order valence-electron chi connectivity index (χ0n) is 8.83. The molecule has 88 valence electrons.